The van der Waals surface area contributed by atoms with Gasteiger partial charge in [-0.05, 0) is 28.1 Å². The first kappa shape index (κ1) is 11.1. The van der Waals surface area contributed by atoms with E-state index in [2.05, 4.69) is 15.9 Å². The summed E-state index contributed by atoms with van der Waals surface area (Å²) in [7, 11) is 1.44. The second-order valence-corrected chi connectivity index (χ2v) is 3.45. The molecule has 3 nitrogen and oxygen atoms in total. The first-order chi connectivity index (χ1) is 6.60. The number of nitrogens with two attached hydrogens (primary N) is 1. The van der Waals surface area contributed by atoms with Gasteiger partial charge in [0.2, 0.25) is 0 Å². The zero-order valence-corrected chi connectivity index (χ0v) is 9.10. The summed E-state index contributed by atoms with van der Waals surface area (Å²) in [5.74, 6) is -0.654. The topological polar surface area (TPSA) is 52.3 Å². The molecule has 0 aliphatic rings. The predicted octanol–water partition coefficient (Wildman–Crippen LogP) is 1.74. The molecule has 0 atom stereocenters. The fourth-order valence-electron chi connectivity index (χ4n) is 0.995. The van der Waals surface area contributed by atoms with Gasteiger partial charge in [0.1, 0.15) is 11.6 Å². The molecule has 0 bridgehead atoms. The van der Waals surface area contributed by atoms with Crippen LogP contribution in [0.25, 0.3) is 0 Å². The maximum absolute atomic E-state index is 13.4. The van der Waals surface area contributed by atoms with Crippen molar-refractivity contribution >= 4 is 21.7 Å². The number of hydrogen-bond donors (Lipinski definition) is 1. The maximum atomic E-state index is 13.4. The van der Waals surface area contributed by atoms with Crippen LogP contribution in [-0.2, 0) is 0 Å². The third-order valence-corrected chi connectivity index (χ3v) is 2.30. The molecule has 0 saturated heterocycles. The molecular weight excluding hydrogens is 253 g/mol. The van der Waals surface area contributed by atoms with Crippen molar-refractivity contribution in [3.8, 4) is 5.75 Å². The van der Waals surface area contributed by atoms with Crippen molar-refractivity contribution in [3.63, 3.8) is 0 Å². The molecule has 0 radical (unpaired) electrons. The number of ether oxygens (including phenoxy) is 1. The van der Waals surface area contributed by atoms with Gasteiger partial charge in [0.05, 0.1) is 23.7 Å². The van der Waals surface area contributed by atoms with E-state index < -0.39 is 11.6 Å². The van der Waals surface area contributed by atoms with Crippen LogP contribution in [0.3, 0.4) is 0 Å². The fourth-order valence-corrected chi connectivity index (χ4v) is 1.43. The van der Waals surface area contributed by atoms with Crippen molar-refractivity contribution in [1.29, 1.82) is 0 Å². The number of rotatable bonds is 3. The first-order valence-electron chi connectivity index (χ1n) is 3.86. The van der Waals surface area contributed by atoms with Crippen molar-refractivity contribution < 1.29 is 13.9 Å². The van der Waals surface area contributed by atoms with Gasteiger partial charge in [0, 0.05) is 0 Å². The van der Waals surface area contributed by atoms with E-state index >= 15 is 0 Å². The Bertz CT molecular complexity index is 368. The highest BCUT2D eigenvalue weighted by atomic mass is 79.9. The molecule has 2 N–H and O–H groups in total. The van der Waals surface area contributed by atoms with Crippen LogP contribution in [0.15, 0.2) is 16.6 Å². The molecule has 0 aliphatic heterocycles. The van der Waals surface area contributed by atoms with E-state index in [1.54, 1.807) is 0 Å². The van der Waals surface area contributed by atoms with Crippen LogP contribution in [0.4, 0.5) is 4.39 Å². The number of carbonyl (C=O) groups excluding carboxylic acids is 1. The van der Waals surface area contributed by atoms with Gasteiger partial charge in [-0.2, -0.15) is 0 Å². The Morgan fingerprint density at radius 2 is 2.29 bits per heavy atom. The Balaban J connectivity index is 3.27. The van der Waals surface area contributed by atoms with Crippen molar-refractivity contribution in [2.45, 2.75) is 0 Å². The molecule has 76 valence electrons. The summed E-state index contributed by atoms with van der Waals surface area (Å²) in [6.45, 7) is -0.226. The lowest BCUT2D eigenvalue weighted by molar-refractivity contribution is 0.0997. The number of benzene rings is 1. The summed E-state index contributed by atoms with van der Waals surface area (Å²) in [5.41, 5.74) is 5.09. The molecule has 0 aliphatic carbocycles. The van der Waals surface area contributed by atoms with Gasteiger partial charge in [0.25, 0.3) is 0 Å². The molecular formula is C9H9BrFNO2. The van der Waals surface area contributed by atoms with Gasteiger partial charge in [0.15, 0.2) is 5.78 Å². The van der Waals surface area contributed by atoms with Gasteiger partial charge in [-0.15, -0.1) is 0 Å². The standard InChI is InChI=1S/C9H9BrFNO2/c1-14-5-2-6(8(13)4-12)9(11)7(10)3-5/h2-3H,4,12H2,1H3. The molecule has 0 unspecified atom stereocenters. The Hall–Kier alpha value is -0.940. The van der Waals surface area contributed by atoms with Gasteiger partial charge in [-0.1, -0.05) is 0 Å². The minimum atomic E-state index is -0.610. The third kappa shape index (κ3) is 2.10. The first-order valence-corrected chi connectivity index (χ1v) is 4.65. The molecule has 0 heterocycles. The minimum Gasteiger partial charge on any atom is -0.497 e. The average molecular weight is 262 g/mol. The molecule has 1 aromatic carbocycles. The Labute approximate surface area is 89.2 Å². The molecule has 5 heteroatoms. The smallest absolute Gasteiger partial charge is 0.179 e. The largest absolute Gasteiger partial charge is 0.497 e. The highest BCUT2D eigenvalue weighted by Gasteiger charge is 2.14. The van der Waals surface area contributed by atoms with Crippen LogP contribution in [-0.4, -0.2) is 19.4 Å². The van der Waals surface area contributed by atoms with Gasteiger partial charge >= 0.3 is 0 Å². The van der Waals surface area contributed by atoms with Crippen molar-refractivity contribution in [2.75, 3.05) is 13.7 Å². The number of ketones is 1. The molecule has 0 spiro atoms. The summed E-state index contributed by atoms with van der Waals surface area (Å²) >= 11 is 2.99. The van der Waals surface area contributed by atoms with Crippen molar-refractivity contribution in [2.24, 2.45) is 5.73 Å². The summed E-state index contributed by atoms with van der Waals surface area (Å²) < 4.78 is 18.5. The predicted molar refractivity (Wildman–Crippen MR) is 54.0 cm³/mol. The summed E-state index contributed by atoms with van der Waals surface area (Å²) in [6, 6.07) is 2.78. The lowest BCUT2D eigenvalue weighted by atomic mass is 10.1. The number of Topliss-reactive ketones (excluding diaryl/α,β-unsaturated/α-hetero) is 1. The fraction of sp³-hybridized carbons (Fsp3) is 0.222. The quantitative estimate of drug-likeness (QED) is 0.844. The van der Waals surface area contributed by atoms with E-state index in [4.69, 9.17) is 10.5 Å². The zero-order valence-electron chi connectivity index (χ0n) is 7.51. The van der Waals surface area contributed by atoms with Crippen molar-refractivity contribution in [3.05, 3.63) is 28.0 Å². The van der Waals surface area contributed by atoms with Gasteiger partial charge in [-0.25, -0.2) is 4.39 Å². The SMILES string of the molecule is COc1cc(Br)c(F)c(C(=O)CN)c1. The van der Waals surface area contributed by atoms with Crippen molar-refractivity contribution in [1.82, 2.24) is 0 Å². The van der Waals surface area contributed by atoms with E-state index in [1.807, 2.05) is 0 Å². The summed E-state index contributed by atoms with van der Waals surface area (Å²) in [4.78, 5) is 11.2. The highest BCUT2D eigenvalue weighted by Crippen LogP contribution is 2.25. The second kappa shape index (κ2) is 4.52. The molecule has 0 fully saturated rings. The highest BCUT2D eigenvalue weighted by molar-refractivity contribution is 9.10. The Morgan fingerprint density at radius 3 is 2.79 bits per heavy atom. The molecule has 0 aromatic heterocycles. The molecule has 1 aromatic rings. The number of hydrogen-bond acceptors (Lipinski definition) is 3. The number of methoxy groups -OCH3 is 1. The lowest BCUT2D eigenvalue weighted by Crippen LogP contribution is -2.15. The van der Waals surface area contributed by atoms with Gasteiger partial charge < -0.3 is 10.5 Å². The van der Waals surface area contributed by atoms with Crippen LogP contribution in [0, 0.1) is 5.82 Å². The Morgan fingerprint density at radius 1 is 1.64 bits per heavy atom. The monoisotopic (exact) mass is 261 g/mol. The normalized spacial score (nSPS) is 10.0. The van der Waals surface area contributed by atoms with E-state index in [1.165, 1.54) is 19.2 Å². The second-order valence-electron chi connectivity index (χ2n) is 2.60. The van der Waals surface area contributed by atoms with Crippen LogP contribution in [0.2, 0.25) is 0 Å². The van der Waals surface area contributed by atoms with Crippen LogP contribution in [0.1, 0.15) is 10.4 Å². The van der Waals surface area contributed by atoms with E-state index in [0.717, 1.165) is 0 Å². The summed E-state index contributed by atoms with van der Waals surface area (Å²) in [5, 5.41) is 0. The summed E-state index contributed by atoms with van der Waals surface area (Å²) in [6.07, 6.45) is 0. The third-order valence-electron chi connectivity index (χ3n) is 1.72. The van der Waals surface area contributed by atoms with E-state index in [0.29, 0.717) is 5.75 Å². The van der Waals surface area contributed by atoms with E-state index in [-0.39, 0.29) is 16.6 Å². The molecule has 14 heavy (non-hydrogen) atoms. The Kier molecular flexibility index (Phi) is 3.60. The van der Waals surface area contributed by atoms with Crippen LogP contribution >= 0.6 is 15.9 Å². The molecule has 0 saturated carbocycles. The lowest BCUT2D eigenvalue weighted by Gasteiger charge is -2.06. The maximum Gasteiger partial charge on any atom is 0.179 e. The van der Waals surface area contributed by atoms with Gasteiger partial charge in [-0.3, -0.25) is 4.79 Å². The average Bonchev–Trinajstić information content (AvgIpc) is 2.20. The van der Waals surface area contributed by atoms with E-state index in [9.17, 15) is 9.18 Å². The van der Waals surface area contributed by atoms with Crippen LogP contribution in [0.5, 0.6) is 5.75 Å². The number of carbonyl (C=O) groups is 1. The zero-order chi connectivity index (χ0) is 10.7. The number of halogens is 2. The molecule has 0 amide bonds. The molecule has 1 rings (SSSR count). The van der Waals surface area contributed by atoms with Crippen LogP contribution < -0.4 is 10.5 Å². The minimum absolute atomic E-state index is 0.0567.